The van der Waals surface area contributed by atoms with Crippen LogP contribution in [0.15, 0.2) is 52.1 Å². The Labute approximate surface area is 194 Å². The third-order valence-corrected chi connectivity index (χ3v) is 6.57. The van der Waals surface area contributed by atoms with Crippen molar-refractivity contribution in [1.29, 1.82) is 0 Å². The molecule has 9 heteroatoms. The Kier molecular flexibility index (Phi) is 7.50. The number of anilines is 1. The van der Waals surface area contributed by atoms with Gasteiger partial charge in [-0.15, -0.1) is 10.2 Å². The van der Waals surface area contributed by atoms with Gasteiger partial charge in [-0.2, -0.15) is 0 Å². The number of rotatable bonds is 7. The highest BCUT2D eigenvalue weighted by Crippen LogP contribution is 2.22. The molecule has 0 unspecified atom stereocenters. The van der Waals surface area contributed by atoms with Gasteiger partial charge in [-0.25, -0.2) is 0 Å². The molecule has 1 heterocycles. The number of benzene rings is 2. The SMILES string of the molecule is Cc1cccc(C(=O)N[C@H](C)c2nnc(SCC(=O)Nc3ccc(Br)c(C)c3)n2C)c1. The van der Waals surface area contributed by atoms with E-state index in [0.717, 1.165) is 21.3 Å². The van der Waals surface area contributed by atoms with Crippen LogP contribution in [0.2, 0.25) is 0 Å². The zero-order valence-corrected chi connectivity index (χ0v) is 20.2. The quantitative estimate of drug-likeness (QED) is 0.467. The van der Waals surface area contributed by atoms with Crippen molar-refractivity contribution in [3.8, 4) is 0 Å². The zero-order valence-electron chi connectivity index (χ0n) is 17.8. The molecule has 3 rings (SSSR count). The molecule has 0 saturated heterocycles. The number of nitrogens with zero attached hydrogens (tertiary/aromatic N) is 3. The van der Waals surface area contributed by atoms with Gasteiger partial charge in [0.1, 0.15) is 0 Å². The van der Waals surface area contributed by atoms with Crippen LogP contribution in [0.5, 0.6) is 0 Å². The van der Waals surface area contributed by atoms with Crippen LogP contribution in [0.25, 0.3) is 0 Å². The van der Waals surface area contributed by atoms with E-state index in [1.165, 1.54) is 11.8 Å². The normalized spacial score (nSPS) is 11.8. The summed E-state index contributed by atoms with van der Waals surface area (Å²) in [6.45, 7) is 5.77. The standard InChI is InChI=1S/C22H24BrN5O2S/c1-13-6-5-7-16(10-13)21(30)24-15(3)20-26-27-22(28(20)4)31-12-19(29)25-17-8-9-18(23)14(2)11-17/h5-11,15H,12H2,1-4H3,(H,24,30)(H,25,29)/t15-/m1/s1. The molecular weight excluding hydrogens is 478 g/mol. The predicted molar refractivity (Wildman–Crippen MR) is 126 cm³/mol. The maximum Gasteiger partial charge on any atom is 0.251 e. The molecule has 31 heavy (non-hydrogen) atoms. The van der Waals surface area contributed by atoms with Gasteiger partial charge in [-0.3, -0.25) is 9.59 Å². The van der Waals surface area contributed by atoms with Gasteiger partial charge in [0.15, 0.2) is 11.0 Å². The summed E-state index contributed by atoms with van der Waals surface area (Å²) in [5.74, 6) is 0.521. The average molecular weight is 502 g/mol. The molecule has 1 aromatic heterocycles. The van der Waals surface area contributed by atoms with Crippen LogP contribution in [0.1, 0.15) is 40.3 Å². The van der Waals surface area contributed by atoms with Gasteiger partial charge in [0.25, 0.3) is 5.91 Å². The maximum atomic E-state index is 12.5. The fraction of sp³-hybridized carbons (Fsp3) is 0.273. The van der Waals surface area contributed by atoms with E-state index in [1.807, 2.05) is 64.2 Å². The van der Waals surface area contributed by atoms with Gasteiger partial charge in [0, 0.05) is 22.8 Å². The molecule has 2 N–H and O–H groups in total. The van der Waals surface area contributed by atoms with Crippen LogP contribution in [0, 0.1) is 13.8 Å². The minimum absolute atomic E-state index is 0.128. The van der Waals surface area contributed by atoms with Crippen molar-refractivity contribution < 1.29 is 9.59 Å². The molecule has 0 saturated carbocycles. The van der Waals surface area contributed by atoms with Gasteiger partial charge in [-0.1, -0.05) is 45.4 Å². The molecular formula is C22H24BrN5O2S. The largest absolute Gasteiger partial charge is 0.342 e. The van der Waals surface area contributed by atoms with Crippen molar-refractivity contribution >= 4 is 45.2 Å². The summed E-state index contributed by atoms with van der Waals surface area (Å²) in [5.41, 5.74) is 3.42. The van der Waals surface area contributed by atoms with Gasteiger partial charge in [0.2, 0.25) is 5.91 Å². The number of thioether (sulfide) groups is 1. The summed E-state index contributed by atoms with van der Waals surface area (Å²) in [7, 11) is 1.82. The summed E-state index contributed by atoms with van der Waals surface area (Å²) < 4.78 is 2.79. The lowest BCUT2D eigenvalue weighted by Gasteiger charge is -2.14. The van der Waals surface area contributed by atoms with E-state index >= 15 is 0 Å². The van der Waals surface area contributed by atoms with Crippen LogP contribution < -0.4 is 10.6 Å². The first-order chi connectivity index (χ1) is 14.7. The van der Waals surface area contributed by atoms with Crippen molar-refractivity contribution in [3.05, 3.63) is 69.5 Å². The summed E-state index contributed by atoms with van der Waals surface area (Å²) in [6.07, 6.45) is 0. The minimum Gasteiger partial charge on any atom is -0.342 e. The number of hydrogen-bond donors (Lipinski definition) is 2. The maximum absolute atomic E-state index is 12.5. The third kappa shape index (κ3) is 5.95. The number of nitrogens with one attached hydrogen (secondary N) is 2. The summed E-state index contributed by atoms with van der Waals surface area (Å²) in [5, 5.41) is 14.8. The number of carbonyl (C=O) groups is 2. The van der Waals surface area contributed by atoms with Crippen molar-refractivity contribution in [2.75, 3.05) is 11.1 Å². The lowest BCUT2D eigenvalue weighted by molar-refractivity contribution is -0.113. The van der Waals surface area contributed by atoms with E-state index in [4.69, 9.17) is 0 Å². The molecule has 0 radical (unpaired) electrons. The van der Waals surface area contributed by atoms with Crippen molar-refractivity contribution in [2.24, 2.45) is 7.05 Å². The lowest BCUT2D eigenvalue weighted by Crippen LogP contribution is -2.28. The van der Waals surface area contributed by atoms with E-state index in [-0.39, 0.29) is 23.6 Å². The minimum atomic E-state index is -0.334. The molecule has 3 aromatic rings. The number of aryl methyl sites for hydroxylation is 2. The van der Waals surface area contributed by atoms with Gasteiger partial charge in [0.05, 0.1) is 11.8 Å². The Bertz CT molecular complexity index is 1120. The zero-order chi connectivity index (χ0) is 22.5. The van der Waals surface area contributed by atoms with Gasteiger partial charge < -0.3 is 15.2 Å². The van der Waals surface area contributed by atoms with Crippen LogP contribution in [0.4, 0.5) is 5.69 Å². The molecule has 0 spiro atoms. The molecule has 2 amide bonds. The Balaban J connectivity index is 1.58. The van der Waals surface area contributed by atoms with Gasteiger partial charge >= 0.3 is 0 Å². The van der Waals surface area contributed by atoms with Crippen LogP contribution in [0.3, 0.4) is 0 Å². The number of halogens is 1. The molecule has 7 nitrogen and oxygen atoms in total. The fourth-order valence-corrected chi connectivity index (χ4v) is 3.97. The average Bonchev–Trinajstić information content (AvgIpc) is 3.09. The molecule has 0 bridgehead atoms. The summed E-state index contributed by atoms with van der Waals surface area (Å²) in [6, 6.07) is 12.7. The topological polar surface area (TPSA) is 88.9 Å². The van der Waals surface area contributed by atoms with E-state index < -0.39 is 0 Å². The molecule has 2 aromatic carbocycles. The molecule has 1 atom stereocenters. The summed E-state index contributed by atoms with van der Waals surface area (Å²) in [4.78, 5) is 24.8. The number of carbonyl (C=O) groups excluding carboxylic acids is 2. The monoisotopic (exact) mass is 501 g/mol. The van der Waals surface area contributed by atoms with E-state index in [9.17, 15) is 9.59 Å². The smallest absolute Gasteiger partial charge is 0.251 e. The van der Waals surface area contributed by atoms with Crippen molar-refractivity contribution in [1.82, 2.24) is 20.1 Å². The Morgan fingerprint density at radius 1 is 1.16 bits per heavy atom. The first kappa shape index (κ1) is 23.0. The highest BCUT2D eigenvalue weighted by atomic mass is 79.9. The lowest BCUT2D eigenvalue weighted by atomic mass is 10.1. The second-order valence-electron chi connectivity index (χ2n) is 7.27. The second-order valence-corrected chi connectivity index (χ2v) is 9.06. The van der Waals surface area contributed by atoms with Crippen LogP contribution in [-0.2, 0) is 11.8 Å². The van der Waals surface area contributed by atoms with Crippen LogP contribution >= 0.6 is 27.7 Å². The Hall–Kier alpha value is -2.65. The third-order valence-electron chi connectivity index (χ3n) is 4.66. The predicted octanol–water partition coefficient (Wildman–Crippen LogP) is 4.42. The Morgan fingerprint density at radius 3 is 2.65 bits per heavy atom. The molecule has 0 aliphatic rings. The number of hydrogen-bond acceptors (Lipinski definition) is 5. The van der Waals surface area contributed by atoms with Gasteiger partial charge in [-0.05, 0) is 56.7 Å². The Morgan fingerprint density at radius 2 is 1.94 bits per heavy atom. The van der Waals surface area contributed by atoms with Crippen molar-refractivity contribution in [3.63, 3.8) is 0 Å². The molecule has 162 valence electrons. The molecule has 0 fully saturated rings. The van der Waals surface area contributed by atoms with E-state index in [0.29, 0.717) is 16.5 Å². The second kappa shape index (κ2) is 10.1. The highest BCUT2D eigenvalue weighted by Gasteiger charge is 2.19. The first-order valence-electron chi connectivity index (χ1n) is 9.70. The highest BCUT2D eigenvalue weighted by molar-refractivity contribution is 9.10. The van der Waals surface area contributed by atoms with E-state index in [2.05, 4.69) is 36.8 Å². The molecule has 0 aliphatic carbocycles. The van der Waals surface area contributed by atoms with Crippen molar-refractivity contribution in [2.45, 2.75) is 32.0 Å². The first-order valence-corrected chi connectivity index (χ1v) is 11.5. The number of amides is 2. The van der Waals surface area contributed by atoms with Crippen LogP contribution in [-0.4, -0.2) is 32.3 Å². The summed E-state index contributed by atoms with van der Waals surface area (Å²) >= 11 is 4.74. The number of aromatic nitrogens is 3. The van der Waals surface area contributed by atoms with E-state index in [1.54, 1.807) is 10.6 Å². The molecule has 0 aliphatic heterocycles. The fourth-order valence-electron chi connectivity index (χ4n) is 3.01.